The topological polar surface area (TPSA) is 89.3 Å². The minimum Gasteiger partial charge on any atom is -0.481 e. The Bertz CT molecular complexity index is 917. The first-order chi connectivity index (χ1) is 13.6. The van der Waals surface area contributed by atoms with Crippen molar-refractivity contribution in [3.63, 3.8) is 0 Å². The summed E-state index contributed by atoms with van der Waals surface area (Å²) in [7, 11) is 1.57. The van der Waals surface area contributed by atoms with Crippen LogP contribution in [0.1, 0.15) is 34.8 Å². The van der Waals surface area contributed by atoms with E-state index < -0.39 is 0 Å². The molecule has 144 valence electrons. The van der Waals surface area contributed by atoms with Crippen molar-refractivity contribution in [1.82, 2.24) is 19.9 Å². The van der Waals surface area contributed by atoms with Gasteiger partial charge in [0.1, 0.15) is 0 Å². The fourth-order valence-corrected chi connectivity index (χ4v) is 3.49. The molecule has 3 aromatic rings. The van der Waals surface area contributed by atoms with Gasteiger partial charge in [-0.15, -0.1) is 0 Å². The Kier molecular flexibility index (Phi) is 5.08. The summed E-state index contributed by atoms with van der Waals surface area (Å²) in [6.45, 7) is 0. The SMILES string of the molecule is COc1ccc(C(NC(=O)c2ccc(-n3ccnc3)cc2)C2CC(O)C2)cn1. The van der Waals surface area contributed by atoms with Crippen LogP contribution in [0.5, 0.6) is 5.88 Å². The maximum absolute atomic E-state index is 12.8. The third kappa shape index (κ3) is 3.75. The molecule has 1 atom stereocenters. The van der Waals surface area contributed by atoms with E-state index >= 15 is 0 Å². The molecule has 1 aromatic carbocycles. The lowest BCUT2D eigenvalue weighted by molar-refractivity contribution is 0.0234. The molecule has 2 heterocycles. The number of nitrogens with zero attached hydrogens (tertiary/aromatic N) is 3. The van der Waals surface area contributed by atoms with Crippen LogP contribution in [-0.2, 0) is 0 Å². The molecular weight excluding hydrogens is 356 g/mol. The number of aromatic nitrogens is 3. The third-order valence-corrected chi connectivity index (χ3v) is 5.17. The molecule has 2 aromatic heterocycles. The highest BCUT2D eigenvalue weighted by Crippen LogP contribution is 2.38. The van der Waals surface area contributed by atoms with Crippen molar-refractivity contribution < 1.29 is 14.6 Å². The Balaban J connectivity index is 1.51. The first-order valence-electron chi connectivity index (χ1n) is 9.21. The summed E-state index contributed by atoms with van der Waals surface area (Å²) < 4.78 is 6.99. The van der Waals surface area contributed by atoms with Crippen LogP contribution in [0, 0.1) is 5.92 Å². The Labute approximate surface area is 163 Å². The maximum atomic E-state index is 12.8. The van der Waals surface area contributed by atoms with Crippen LogP contribution in [-0.4, -0.2) is 38.8 Å². The van der Waals surface area contributed by atoms with Crippen molar-refractivity contribution in [3.8, 4) is 11.6 Å². The van der Waals surface area contributed by atoms with Crippen LogP contribution in [0.15, 0.2) is 61.3 Å². The first-order valence-corrected chi connectivity index (χ1v) is 9.21. The molecule has 0 bridgehead atoms. The molecule has 0 spiro atoms. The zero-order chi connectivity index (χ0) is 19.5. The van der Waals surface area contributed by atoms with E-state index in [2.05, 4.69) is 15.3 Å². The molecule has 2 N–H and O–H groups in total. The van der Waals surface area contributed by atoms with Crippen molar-refractivity contribution in [2.45, 2.75) is 25.0 Å². The molecule has 1 amide bonds. The Morgan fingerprint density at radius 1 is 1.25 bits per heavy atom. The summed E-state index contributed by atoms with van der Waals surface area (Å²) in [5, 5.41) is 12.8. The molecule has 1 fully saturated rings. The predicted octanol–water partition coefficient (Wildman–Crippen LogP) is 2.52. The standard InChI is InChI=1S/C21H22N4O3/c1-28-19-7-4-15(12-23-19)20(16-10-18(26)11-16)24-21(27)14-2-5-17(6-3-14)25-9-8-22-13-25/h2-9,12-13,16,18,20,26H,10-11H2,1H3,(H,24,27). The van der Waals surface area contributed by atoms with Gasteiger partial charge in [-0.3, -0.25) is 4.79 Å². The van der Waals surface area contributed by atoms with Crippen molar-refractivity contribution in [2.75, 3.05) is 7.11 Å². The lowest BCUT2D eigenvalue weighted by Gasteiger charge is -2.38. The van der Waals surface area contributed by atoms with Crippen molar-refractivity contribution >= 4 is 5.91 Å². The molecule has 4 rings (SSSR count). The van der Waals surface area contributed by atoms with Gasteiger partial charge in [-0.05, 0) is 48.6 Å². The van der Waals surface area contributed by atoms with Gasteiger partial charge in [0.2, 0.25) is 5.88 Å². The largest absolute Gasteiger partial charge is 0.481 e. The van der Waals surface area contributed by atoms with E-state index in [-0.39, 0.29) is 24.0 Å². The second-order valence-corrected chi connectivity index (χ2v) is 6.99. The summed E-state index contributed by atoms with van der Waals surface area (Å²) in [4.78, 5) is 21.1. The summed E-state index contributed by atoms with van der Waals surface area (Å²) in [6.07, 6.45) is 8.02. The quantitative estimate of drug-likeness (QED) is 0.688. The van der Waals surface area contributed by atoms with Gasteiger partial charge < -0.3 is 19.7 Å². The molecule has 1 aliphatic rings. The average Bonchev–Trinajstić information content (AvgIpc) is 3.25. The number of ether oxygens (including phenoxy) is 1. The monoisotopic (exact) mass is 378 g/mol. The maximum Gasteiger partial charge on any atom is 0.251 e. The number of amides is 1. The Morgan fingerprint density at radius 2 is 2.04 bits per heavy atom. The van der Waals surface area contributed by atoms with E-state index in [4.69, 9.17) is 4.74 Å². The number of aliphatic hydroxyl groups excluding tert-OH is 1. The number of pyridine rings is 1. The number of nitrogens with one attached hydrogen (secondary N) is 1. The van der Waals surface area contributed by atoms with Crippen LogP contribution >= 0.6 is 0 Å². The van der Waals surface area contributed by atoms with E-state index in [1.54, 1.807) is 44.0 Å². The smallest absolute Gasteiger partial charge is 0.251 e. The number of benzene rings is 1. The van der Waals surface area contributed by atoms with Gasteiger partial charge in [-0.2, -0.15) is 0 Å². The highest BCUT2D eigenvalue weighted by atomic mass is 16.5. The highest BCUT2D eigenvalue weighted by Gasteiger charge is 2.36. The molecule has 0 aliphatic heterocycles. The van der Waals surface area contributed by atoms with Gasteiger partial charge in [0.25, 0.3) is 5.91 Å². The lowest BCUT2D eigenvalue weighted by Crippen LogP contribution is -2.41. The minimum absolute atomic E-state index is 0.153. The van der Waals surface area contributed by atoms with Gasteiger partial charge in [-0.1, -0.05) is 6.07 Å². The van der Waals surface area contributed by atoms with Gasteiger partial charge in [-0.25, -0.2) is 9.97 Å². The van der Waals surface area contributed by atoms with Gasteiger partial charge >= 0.3 is 0 Å². The van der Waals surface area contributed by atoms with E-state index in [1.807, 2.05) is 29.0 Å². The number of hydrogen-bond donors (Lipinski definition) is 2. The number of methoxy groups -OCH3 is 1. The van der Waals surface area contributed by atoms with Crippen molar-refractivity contribution in [2.24, 2.45) is 5.92 Å². The molecule has 7 heteroatoms. The van der Waals surface area contributed by atoms with E-state index in [0.29, 0.717) is 24.3 Å². The summed E-state index contributed by atoms with van der Waals surface area (Å²) >= 11 is 0. The van der Waals surface area contributed by atoms with Crippen LogP contribution in [0.4, 0.5) is 0 Å². The fraction of sp³-hybridized carbons (Fsp3) is 0.286. The molecule has 1 aliphatic carbocycles. The average molecular weight is 378 g/mol. The molecule has 1 saturated carbocycles. The summed E-state index contributed by atoms with van der Waals surface area (Å²) in [5.41, 5.74) is 2.42. The fourth-order valence-electron chi connectivity index (χ4n) is 3.49. The van der Waals surface area contributed by atoms with Crippen LogP contribution < -0.4 is 10.1 Å². The Morgan fingerprint density at radius 3 is 2.61 bits per heavy atom. The molecule has 28 heavy (non-hydrogen) atoms. The highest BCUT2D eigenvalue weighted by molar-refractivity contribution is 5.94. The van der Waals surface area contributed by atoms with Crippen LogP contribution in [0.3, 0.4) is 0 Å². The zero-order valence-corrected chi connectivity index (χ0v) is 15.5. The van der Waals surface area contributed by atoms with Crippen molar-refractivity contribution in [1.29, 1.82) is 0 Å². The van der Waals surface area contributed by atoms with Gasteiger partial charge in [0.15, 0.2) is 0 Å². The van der Waals surface area contributed by atoms with Crippen molar-refractivity contribution in [3.05, 3.63) is 72.4 Å². The van der Waals surface area contributed by atoms with E-state index in [9.17, 15) is 9.90 Å². The molecule has 0 saturated heterocycles. The van der Waals surface area contributed by atoms with Gasteiger partial charge in [0, 0.05) is 35.9 Å². The predicted molar refractivity (Wildman–Crippen MR) is 103 cm³/mol. The number of imidazole rings is 1. The summed E-state index contributed by atoms with van der Waals surface area (Å²) in [5.74, 6) is 0.552. The number of carbonyl (C=O) groups excluding carboxylic acids is 1. The normalized spacial score (nSPS) is 19.5. The van der Waals surface area contributed by atoms with E-state index in [1.165, 1.54) is 0 Å². The third-order valence-electron chi connectivity index (χ3n) is 5.17. The minimum atomic E-state index is -0.301. The number of hydrogen-bond acceptors (Lipinski definition) is 5. The number of rotatable bonds is 6. The molecule has 0 radical (unpaired) electrons. The van der Waals surface area contributed by atoms with Crippen LogP contribution in [0.2, 0.25) is 0 Å². The lowest BCUT2D eigenvalue weighted by atomic mass is 9.75. The van der Waals surface area contributed by atoms with Gasteiger partial charge in [0.05, 0.1) is 25.6 Å². The molecule has 1 unspecified atom stereocenters. The summed E-state index contributed by atoms with van der Waals surface area (Å²) in [6, 6.07) is 10.8. The van der Waals surface area contributed by atoms with Crippen LogP contribution in [0.25, 0.3) is 5.69 Å². The second-order valence-electron chi connectivity index (χ2n) is 6.99. The first kappa shape index (κ1) is 18.2. The molecular formula is C21H22N4O3. The number of aliphatic hydroxyl groups is 1. The van der Waals surface area contributed by atoms with E-state index in [0.717, 1.165) is 11.3 Å². The second kappa shape index (κ2) is 7.82. The number of carbonyl (C=O) groups is 1. The zero-order valence-electron chi connectivity index (χ0n) is 15.5. The molecule has 7 nitrogen and oxygen atoms in total. The Hall–Kier alpha value is -3.19.